The maximum absolute atomic E-state index is 11.7. The third kappa shape index (κ3) is 5.34. The lowest BCUT2D eigenvalue weighted by molar-refractivity contribution is -0.123. The first-order valence-electron chi connectivity index (χ1n) is 6.94. The van der Waals surface area contributed by atoms with Gasteiger partial charge in [0.05, 0.1) is 13.3 Å². The number of nitrogens with one attached hydrogen (secondary N) is 1. The number of rotatable bonds is 7. The van der Waals surface area contributed by atoms with Gasteiger partial charge in [-0.2, -0.15) is 5.10 Å². The molecule has 2 aromatic rings. The second kappa shape index (κ2) is 8.85. The summed E-state index contributed by atoms with van der Waals surface area (Å²) in [5, 5.41) is 3.91. The van der Waals surface area contributed by atoms with Gasteiger partial charge in [0.25, 0.3) is 5.91 Å². The van der Waals surface area contributed by atoms with Crippen LogP contribution in [0.1, 0.15) is 5.56 Å². The summed E-state index contributed by atoms with van der Waals surface area (Å²) in [4.78, 5) is 12.9. The molecule has 0 aromatic heterocycles. The predicted octanol–water partition coefficient (Wildman–Crippen LogP) is 2.95. The fourth-order valence-electron chi connectivity index (χ4n) is 1.78. The van der Waals surface area contributed by atoms with Crippen molar-refractivity contribution in [3.63, 3.8) is 0 Å². The van der Waals surface area contributed by atoms with E-state index in [-0.39, 0.29) is 12.5 Å². The van der Waals surface area contributed by atoms with Gasteiger partial charge in [0.2, 0.25) is 0 Å². The van der Waals surface area contributed by atoms with Gasteiger partial charge in [0.1, 0.15) is 0 Å². The van der Waals surface area contributed by atoms with E-state index in [2.05, 4.69) is 10.5 Å². The molecule has 1 N–H and O–H groups in total. The molecule has 0 spiro atoms. The molecule has 0 unspecified atom stereocenters. The van der Waals surface area contributed by atoms with Gasteiger partial charge < -0.3 is 9.47 Å². The summed E-state index contributed by atoms with van der Waals surface area (Å²) >= 11 is 1.67. The maximum atomic E-state index is 11.7. The van der Waals surface area contributed by atoms with Crippen LogP contribution in [0.3, 0.4) is 0 Å². The third-order valence-corrected chi connectivity index (χ3v) is 3.69. The summed E-state index contributed by atoms with van der Waals surface area (Å²) in [6, 6.07) is 15.0. The molecule has 0 atom stereocenters. The highest BCUT2D eigenvalue weighted by atomic mass is 32.2. The monoisotopic (exact) mass is 330 g/mol. The van der Waals surface area contributed by atoms with Crippen LogP contribution in [-0.2, 0) is 4.79 Å². The number of carbonyl (C=O) groups is 1. The molecule has 0 heterocycles. The van der Waals surface area contributed by atoms with Crippen molar-refractivity contribution in [1.29, 1.82) is 0 Å². The first-order valence-corrected chi connectivity index (χ1v) is 8.17. The lowest BCUT2D eigenvalue weighted by Crippen LogP contribution is -2.24. The van der Waals surface area contributed by atoms with Crippen LogP contribution in [0.2, 0.25) is 0 Å². The first-order chi connectivity index (χ1) is 11.2. The normalized spacial score (nSPS) is 10.5. The third-order valence-electron chi connectivity index (χ3n) is 2.95. The minimum absolute atomic E-state index is 0.136. The molecule has 5 nitrogen and oxygen atoms in total. The summed E-state index contributed by atoms with van der Waals surface area (Å²) in [5.74, 6) is 0.757. The van der Waals surface area contributed by atoms with Gasteiger partial charge in [-0.15, -0.1) is 11.8 Å². The second-order valence-corrected chi connectivity index (χ2v) is 5.39. The molecule has 0 aliphatic heterocycles. The standard InChI is InChI=1S/C17H18N2O3S/c1-21-15-5-3-4-6-16(15)22-12-17(20)19-18-11-13-7-9-14(23-2)10-8-13/h3-11H,12H2,1-2H3,(H,19,20)/b18-11-. The molecule has 6 heteroatoms. The van der Waals surface area contributed by atoms with E-state index in [4.69, 9.17) is 9.47 Å². The van der Waals surface area contributed by atoms with Crippen LogP contribution >= 0.6 is 11.8 Å². The van der Waals surface area contributed by atoms with Gasteiger partial charge in [0, 0.05) is 4.90 Å². The van der Waals surface area contributed by atoms with Crippen LogP contribution in [-0.4, -0.2) is 32.1 Å². The quantitative estimate of drug-likeness (QED) is 0.482. The fraction of sp³-hybridized carbons (Fsp3) is 0.176. The van der Waals surface area contributed by atoms with Crippen molar-refractivity contribution in [2.75, 3.05) is 20.0 Å². The molecule has 1 amide bonds. The highest BCUT2D eigenvalue weighted by Crippen LogP contribution is 2.25. The van der Waals surface area contributed by atoms with E-state index in [0.29, 0.717) is 11.5 Å². The Morgan fingerprint density at radius 2 is 1.87 bits per heavy atom. The first kappa shape index (κ1) is 16.9. The Morgan fingerprint density at radius 1 is 1.17 bits per heavy atom. The molecular weight excluding hydrogens is 312 g/mol. The van der Waals surface area contributed by atoms with Crippen molar-refractivity contribution in [1.82, 2.24) is 5.43 Å². The smallest absolute Gasteiger partial charge is 0.277 e. The molecule has 23 heavy (non-hydrogen) atoms. The molecule has 0 aliphatic carbocycles. The van der Waals surface area contributed by atoms with E-state index in [0.717, 1.165) is 5.56 Å². The number of ether oxygens (including phenoxy) is 2. The van der Waals surface area contributed by atoms with Crippen LogP contribution in [0.15, 0.2) is 58.5 Å². The van der Waals surface area contributed by atoms with Crippen molar-refractivity contribution in [3.05, 3.63) is 54.1 Å². The number of amides is 1. The van der Waals surface area contributed by atoms with Crippen molar-refractivity contribution >= 4 is 23.9 Å². The number of methoxy groups -OCH3 is 1. The average molecular weight is 330 g/mol. The molecule has 120 valence electrons. The van der Waals surface area contributed by atoms with Crippen LogP contribution < -0.4 is 14.9 Å². The number of nitrogens with zero attached hydrogens (tertiary/aromatic N) is 1. The van der Waals surface area contributed by atoms with Crippen molar-refractivity contribution < 1.29 is 14.3 Å². The zero-order valence-corrected chi connectivity index (χ0v) is 13.8. The van der Waals surface area contributed by atoms with E-state index >= 15 is 0 Å². The van der Waals surface area contributed by atoms with E-state index in [1.807, 2.05) is 42.7 Å². The number of hydrogen-bond acceptors (Lipinski definition) is 5. The predicted molar refractivity (Wildman–Crippen MR) is 92.4 cm³/mol. The van der Waals surface area contributed by atoms with E-state index < -0.39 is 0 Å². The SMILES string of the molecule is COc1ccccc1OCC(=O)N/N=C\c1ccc(SC)cc1. The molecule has 0 radical (unpaired) electrons. The van der Waals surface area contributed by atoms with Crippen molar-refractivity contribution in [2.45, 2.75) is 4.90 Å². The lowest BCUT2D eigenvalue weighted by atomic mass is 10.2. The summed E-state index contributed by atoms with van der Waals surface area (Å²) in [5.41, 5.74) is 3.34. The van der Waals surface area contributed by atoms with Crippen LogP contribution in [0.4, 0.5) is 0 Å². The Bertz CT molecular complexity index is 672. The molecule has 0 aliphatic rings. The van der Waals surface area contributed by atoms with Gasteiger partial charge in [-0.3, -0.25) is 4.79 Å². The van der Waals surface area contributed by atoms with E-state index in [9.17, 15) is 4.79 Å². The number of para-hydroxylation sites is 2. The van der Waals surface area contributed by atoms with E-state index in [1.165, 1.54) is 4.90 Å². The Hall–Kier alpha value is -2.47. The minimum Gasteiger partial charge on any atom is -0.493 e. The molecule has 0 saturated heterocycles. The van der Waals surface area contributed by atoms with Crippen molar-refractivity contribution in [3.8, 4) is 11.5 Å². The minimum atomic E-state index is -0.340. The zero-order chi connectivity index (χ0) is 16.5. The lowest BCUT2D eigenvalue weighted by Gasteiger charge is -2.09. The fourth-order valence-corrected chi connectivity index (χ4v) is 2.19. The Morgan fingerprint density at radius 3 is 2.52 bits per heavy atom. The molecule has 0 saturated carbocycles. The molecule has 0 bridgehead atoms. The maximum Gasteiger partial charge on any atom is 0.277 e. The number of hydrogen-bond donors (Lipinski definition) is 1. The molecule has 0 fully saturated rings. The largest absolute Gasteiger partial charge is 0.493 e. The van der Waals surface area contributed by atoms with Crippen molar-refractivity contribution in [2.24, 2.45) is 5.10 Å². The topological polar surface area (TPSA) is 59.9 Å². The Kier molecular flexibility index (Phi) is 6.50. The number of benzene rings is 2. The number of carbonyl (C=O) groups excluding carboxylic acids is 1. The van der Waals surface area contributed by atoms with Crippen LogP contribution in [0, 0.1) is 0 Å². The second-order valence-electron chi connectivity index (χ2n) is 4.51. The van der Waals surface area contributed by atoms with Crippen LogP contribution in [0.25, 0.3) is 0 Å². The zero-order valence-electron chi connectivity index (χ0n) is 13.0. The number of hydrazone groups is 1. The highest BCUT2D eigenvalue weighted by Gasteiger charge is 2.05. The molecule has 2 rings (SSSR count). The van der Waals surface area contributed by atoms with Gasteiger partial charge in [-0.05, 0) is 36.1 Å². The van der Waals surface area contributed by atoms with Gasteiger partial charge in [-0.25, -0.2) is 5.43 Å². The van der Waals surface area contributed by atoms with Gasteiger partial charge in [0.15, 0.2) is 18.1 Å². The summed E-state index contributed by atoms with van der Waals surface area (Å²) in [6.07, 6.45) is 3.61. The van der Waals surface area contributed by atoms with Crippen LogP contribution in [0.5, 0.6) is 11.5 Å². The van der Waals surface area contributed by atoms with Gasteiger partial charge in [-0.1, -0.05) is 24.3 Å². The number of thioether (sulfide) groups is 1. The molecule has 2 aromatic carbocycles. The summed E-state index contributed by atoms with van der Waals surface area (Å²) in [6.45, 7) is -0.136. The Labute approximate surface area is 139 Å². The molecular formula is C17H18N2O3S. The van der Waals surface area contributed by atoms with Gasteiger partial charge >= 0.3 is 0 Å². The highest BCUT2D eigenvalue weighted by molar-refractivity contribution is 7.98. The Balaban J connectivity index is 1.81. The summed E-state index contributed by atoms with van der Waals surface area (Å²) in [7, 11) is 1.55. The average Bonchev–Trinajstić information content (AvgIpc) is 2.60. The summed E-state index contributed by atoms with van der Waals surface area (Å²) < 4.78 is 10.6. The van der Waals surface area contributed by atoms with E-state index in [1.54, 1.807) is 37.2 Å².